The van der Waals surface area contributed by atoms with Gasteiger partial charge >= 0.3 is 0 Å². The van der Waals surface area contributed by atoms with Crippen LogP contribution in [0.3, 0.4) is 0 Å². The number of fused-ring (bicyclic) bond motifs is 10. The van der Waals surface area contributed by atoms with Gasteiger partial charge in [0, 0.05) is 38.2 Å². The molecule has 0 spiro atoms. The van der Waals surface area contributed by atoms with E-state index < -0.39 is 0 Å². The highest BCUT2D eigenvalue weighted by Crippen LogP contribution is 2.42. The monoisotopic (exact) mass is 599 g/mol. The first kappa shape index (κ1) is 25.7. The van der Waals surface area contributed by atoms with Crippen LogP contribution in [0.1, 0.15) is 5.56 Å². The zero-order chi connectivity index (χ0) is 31.1. The molecule has 3 aromatic heterocycles. The molecule has 10 aromatic rings. The van der Waals surface area contributed by atoms with Crippen LogP contribution in [0.2, 0.25) is 0 Å². The van der Waals surface area contributed by atoms with Crippen LogP contribution in [0, 0.1) is 11.3 Å². The Kier molecular flexibility index (Phi) is 5.32. The van der Waals surface area contributed by atoms with Crippen molar-refractivity contribution < 1.29 is 4.42 Å². The molecule has 0 bridgehead atoms. The highest BCUT2D eigenvalue weighted by molar-refractivity contribution is 6.23. The van der Waals surface area contributed by atoms with E-state index in [1.807, 2.05) is 24.3 Å². The number of rotatable bonds is 3. The highest BCUT2D eigenvalue weighted by Gasteiger charge is 2.20. The number of para-hydroxylation sites is 5. The number of aromatic nitrogens is 2. The van der Waals surface area contributed by atoms with E-state index in [0.29, 0.717) is 5.56 Å². The van der Waals surface area contributed by atoms with Crippen molar-refractivity contribution in [2.45, 2.75) is 0 Å². The first-order valence-electron chi connectivity index (χ1n) is 15.8. The summed E-state index contributed by atoms with van der Waals surface area (Å²) in [6.07, 6.45) is 0. The molecule has 0 saturated heterocycles. The Morgan fingerprint density at radius 2 is 1.11 bits per heavy atom. The average molecular weight is 600 g/mol. The van der Waals surface area contributed by atoms with Crippen LogP contribution < -0.4 is 0 Å². The number of furan rings is 1. The summed E-state index contributed by atoms with van der Waals surface area (Å²) in [5, 5.41) is 17.2. The second-order valence-corrected chi connectivity index (χ2v) is 12.1. The van der Waals surface area contributed by atoms with Crippen LogP contribution in [0.4, 0.5) is 0 Å². The predicted octanol–water partition coefficient (Wildman–Crippen LogP) is 11.3. The summed E-state index contributed by atoms with van der Waals surface area (Å²) in [6, 6.07) is 55.3. The first-order chi connectivity index (χ1) is 23.3. The molecule has 0 atom stereocenters. The van der Waals surface area contributed by atoms with Crippen LogP contribution in [0.25, 0.3) is 88.1 Å². The summed E-state index contributed by atoms with van der Waals surface area (Å²) in [7, 11) is 0. The van der Waals surface area contributed by atoms with Gasteiger partial charge in [0.25, 0.3) is 0 Å². The quantitative estimate of drug-likeness (QED) is 0.203. The van der Waals surface area contributed by atoms with E-state index in [2.05, 4.69) is 143 Å². The Morgan fingerprint density at radius 3 is 1.85 bits per heavy atom. The second kappa shape index (κ2) is 9.71. The van der Waals surface area contributed by atoms with Crippen molar-refractivity contribution in [3.05, 3.63) is 157 Å². The molecule has 47 heavy (non-hydrogen) atoms. The van der Waals surface area contributed by atoms with Crippen molar-refractivity contribution in [1.82, 2.24) is 9.13 Å². The molecule has 0 unspecified atom stereocenters. The fourth-order valence-electron chi connectivity index (χ4n) is 7.57. The second-order valence-electron chi connectivity index (χ2n) is 12.1. The minimum absolute atomic E-state index is 0.602. The molecular weight excluding hydrogens is 574 g/mol. The number of benzene rings is 7. The molecule has 7 aromatic carbocycles. The third-order valence-electron chi connectivity index (χ3n) is 9.52. The maximum Gasteiger partial charge on any atom is 0.145 e. The SMILES string of the molecule is N#Cc1cc(-c2ccccc2-n2c3ccccc3c3ccccc32)cc(-n2c3ccccc3c3c4oc5ccccc5c4ccc32)c1. The average Bonchev–Trinajstić information content (AvgIpc) is 3.79. The molecule has 0 radical (unpaired) electrons. The first-order valence-corrected chi connectivity index (χ1v) is 15.8. The van der Waals surface area contributed by atoms with Gasteiger partial charge in [0.05, 0.1) is 44.8 Å². The maximum atomic E-state index is 10.3. The van der Waals surface area contributed by atoms with Crippen molar-refractivity contribution in [3.8, 4) is 28.6 Å². The Morgan fingerprint density at radius 1 is 0.489 bits per heavy atom. The van der Waals surface area contributed by atoms with Crippen LogP contribution in [0.15, 0.2) is 156 Å². The summed E-state index contributed by atoms with van der Waals surface area (Å²) in [4.78, 5) is 0. The van der Waals surface area contributed by atoms with Gasteiger partial charge in [0.2, 0.25) is 0 Å². The summed E-state index contributed by atoms with van der Waals surface area (Å²) in [5.41, 5.74) is 10.8. The normalized spacial score (nSPS) is 11.8. The lowest BCUT2D eigenvalue weighted by Gasteiger charge is -2.16. The van der Waals surface area contributed by atoms with Gasteiger partial charge in [-0.3, -0.25) is 0 Å². The molecule has 0 fully saturated rings. The summed E-state index contributed by atoms with van der Waals surface area (Å²) in [5.74, 6) is 0. The van der Waals surface area contributed by atoms with E-state index in [9.17, 15) is 5.26 Å². The van der Waals surface area contributed by atoms with Crippen LogP contribution in [0.5, 0.6) is 0 Å². The summed E-state index contributed by atoms with van der Waals surface area (Å²) < 4.78 is 11.1. The highest BCUT2D eigenvalue weighted by atomic mass is 16.3. The minimum atomic E-state index is 0.602. The van der Waals surface area contributed by atoms with E-state index in [1.165, 1.54) is 10.8 Å². The summed E-state index contributed by atoms with van der Waals surface area (Å²) >= 11 is 0. The lowest BCUT2D eigenvalue weighted by molar-refractivity contribution is 0.673. The number of hydrogen-bond acceptors (Lipinski definition) is 2. The zero-order valence-corrected chi connectivity index (χ0v) is 25.2. The van der Waals surface area contributed by atoms with Gasteiger partial charge in [-0.2, -0.15) is 5.26 Å². The van der Waals surface area contributed by atoms with E-state index in [1.54, 1.807) is 0 Å². The van der Waals surface area contributed by atoms with Gasteiger partial charge in [0.1, 0.15) is 11.2 Å². The number of hydrogen-bond donors (Lipinski definition) is 0. The molecule has 0 amide bonds. The Labute approximate surface area is 269 Å². The topological polar surface area (TPSA) is 46.8 Å². The van der Waals surface area contributed by atoms with Gasteiger partial charge in [0.15, 0.2) is 0 Å². The van der Waals surface area contributed by atoms with Gasteiger partial charge < -0.3 is 13.6 Å². The molecule has 10 rings (SSSR count). The fraction of sp³-hybridized carbons (Fsp3) is 0. The lowest BCUT2D eigenvalue weighted by atomic mass is 10.00. The molecule has 3 heterocycles. The standard InChI is InChI=1S/C43H25N3O/c44-26-27-23-28(30-11-1-6-16-36(30)46-37-17-7-2-12-31(37)32-13-3-8-18-38(32)46)25-29(24-27)45-39-19-9-4-15-35(39)42-40(45)22-21-34-33-14-5-10-20-41(33)47-43(34)42/h1-25H. The van der Waals surface area contributed by atoms with Crippen LogP contribution >= 0.6 is 0 Å². The Balaban J connectivity index is 1.26. The van der Waals surface area contributed by atoms with E-state index >= 15 is 0 Å². The lowest BCUT2D eigenvalue weighted by Crippen LogP contribution is -1.99. The third kappa shape index (κ3) is 3.63. The molecule has 0 N–H and O–H groups in total. The Bertz CT molecular complexity index is 2880. The molecule has 4 nitrogen and oxygen atoms in total. The van der Waals surface area contributed by atoms with E-state index in [-0.39, 0.29) is 0 Å². The molecule has 0 saturated carbocycles. The van der Waals surface area contributed by atoms with Gasteiger partial charge in [-0.1, -0.05) is 91.0 Å². The fourth-order valence-corrected chi connectivity index (χ4v) is 7.57. The maximum absolute atomic E-state index is 10.3. The molecule has 0 aliphatic rings. The van der Waals surface area contributed by atoms with E-state index in [4.69, 9.17) is 4.42 Å². The zero-order valence-electron chi connectivity index (χ0n) is 25.2. The molecular formula is C43H25N3O. The van der Waals surface area contributed by atoms with Crippen molar-refractivity contribution in [2.75, 3.05) is 0 Å². The smallest absolute Gasteiger partial charge is 0.145 e. The van der Waals surface area contributed by atoms with Crippen LogP contribution in [-0.2, 0) is 0 Å². The van der Waals surface area contributed by atoms with Crippen molar-refractivity contribution in [3.63, 3.8) is 0 Å². The molecule has 0 aliphatic heterocycles. The molecule has 0 aliphatic carbocycles. The van der Waals surface area contributed by atoms with Crippen molar-refractivity contribution in [2.24, 2.45) is 0 Å². The van der Waals surface area contributed by atoms with Gasteiger partial charge in [-0.25, -0.2) is 0 Å². The molecule has 218 valence electrons. The number of nitrogens with zero attached hydrogens (tertiary/aromatic N) is 3. The van der Waals surface area contributed by atoms with Crippen molar-refractivity contribution in [1.29, 1.82) is 5.26 Å². The molecule has 4 heteroatoms. The largest absolute Gasteiger partial charge is 0.455 e. The van der Waals surface area contributed by atoms with Crippen molar-refractivity contribution >= 4 is 65.6 Å². The summed E-state index contributed by atoms with van der Waals surface area (Å²) in [6.45, 7) is 0. The van der Waals surface area contributed by atoms with E-state index in [0.717, 1.165) is 77.3 Å². The van der Waals surface area contributed by atoms with Gasteiger partial charge in [-0.15, -0.1) is 0 Å². The minimum Gasteiger partial charge on any atom is -0.455 e. The van der Waals surface area contributed by atoms with Gasteiger partial charge in [-0.05, 0) is 66.2 Å². The number of nitriles is 1. The van der Waals surface area contributed by atoms with Crippen LogP contribution in [-0.4, -0.2) is 9.13 Å². The third-order valence-corrected chi connectivity index (χ3v) is 9.52. The predicted molar refractivity (Wildman–Crippen MR) is 193 cm³/mol. The Hall–Kier alpha value is -6.57.